The minimum absolute atomic E-state index is 0.584. The van der Waals surface area contributed by atoms with Gasteiger partial charge in [-0.2, -0.15) is 4.68 Å². The minimum Gasteiger partial charge on any atom is -0.336 e. The zero-order valence-corrected chi connectivity index (χ0v) is 11.0. The van der Waals surface area contributed by atoms with Gasteiger partial charge in [0, 0.05) is 19.4 Å². The van der Waals surface area contributed by atoms with Gasteiger partial charge in [-0.1, -0.05) is 23.3 Å². The largest absolute Gasteiger partial charge is 0.336 e. The van der Waals surface area contributed by atoms with Crippen molar-refractivity contribution in [3.63, 3.8) is 0 Å². The van der Waals surface area contributed by atoms with Gasteiger partial charge in [0.2, 0.25) is 5.95 Å². The van der Waals surface area contributed by atoms with E-state index in [4.69, 9.17) is 0 Å². The summed E-state index contributed by atoms with van der Waals surface area (Å²) >= 11 is 0. The first-order chi connectivity index (χ1) is 9.84. The van der Waals surface area contributed by atoms with Crippen LogP contribution < -0.4 is 4.90 Å². The highest BCUT2D eigenvalue weighted by Crippen LogP contribution is 2.15. The maximum Gasteiger partial charge on any atom is 0.250 e. The van der Waals surface area contributed by atoms with Crippen LogP contribution in [0.5, 0.6) is 0 Å². The van der Waals surface area contributed by atoms with Crippen LogP contribution in [0.25, 0.3) is 5.69 Å². The van der Waals surface area contributed by atoms with E-state index in [2.05, 4.69) is 25.5 Å². The average molecular weight is 267 g/mol. The predicted octanol–water partition coefficient (Wildman–Crippen LogP) is 1.09. The molecule has 2 aromatic heterocycles. The van der Waals surface area contributed by atoms with E-state index in [1.807, 2.05) is 42.3 Å². The summed E-state index contributed by atoms with van der Waals surface area (Å²) in [5.41, 5.74) is 1.77. The fourth-order valence-corrected chi connectivity index (χ4v) is 1.88. The molecule has 0 atom stereocenters. The highest BCUT2D eigenvalue weighted by Gasteiger charge is 2.13. The Kier molecular flexibility index (Phi) is 3.32. The summed E-state index contributed by atoms with van der Waals surface area (Å²) in [5, 5.41) is 11.8. The van der Waals surface area contributed by atoms with E-state index in [0.717, 1.165) is 11.4 Å². The predicted molar refractivity (Wildman–Crippen MR) is 73.3 cm³/mol. The van der Waals surface area contributed by atoms with Crippen molar-refractivity contribution in [3.8, 4) is 5.69 Å². The van der Waals surface area contributed by atoms with Gasteiger partial charge in [-0.3, -0.25) is 9.97 Å². The molecule has 3 aromatic rings. The van der Waals surface area contributed by atoms with E-state index >= 15 is 0 Å². The normalized spacial score (nSPS) is 10.4. The summed E-state index contributed by atoms with van der Waals surface area (Å²) in [6.07, 6.45) is 5.05. The molecule has 0 unspecified atom stereocenters. The first-order valence-corrected chi connectivity index (χ1v) is 6.14. The van der Waals surface area contributed by atoms with Crippen molar-refractivity contribution in [3.05, 3.63) is 54.6 Å². The van der Waals surface area contributed by atoms with Gasteiger partial charge in [-0.05, 0) is 22.6 Å². The van der Waals surface area contributed by atoms with Crippen LogP contribution in [-0.4, -0.2) is 37.2 Å². The van der Waals surface area contributed by atoms with Crippen molar-refractivity contribution < 1.29 is 0 Å². The van der Waals surface area contributed by atoms with Crippen molar-refractivity contribution in [1.82, 2.24) is 30.2 Å². The molecule has 0 radical (unpaired) electrons. The van der Waals surface area contributed by atoms with Gasteiger partial charge in [0.05, 0.1) is 24.1 Å². The molecule has 1 aromatic carbocycles. The van der Waals surface area contributed by atoms with Gasteiger partial charge in [0.1, 0.15) is 0 Å². The molecule has 0 spiro atoms. The number of nitrogens with zero attached hydrogens (tertiary/aromatic N) is 7. The van der Waals surface area contributed by atoms with Crippen LogP contribution in [0.1, 0.15) is 5.69 Å². The number of hydrogen-bond acceptors (Lipinski definition) is 6. The lowest BCUT2D eigenvalue weighted by molar-refractivity contribution is 0.765. The van der Waals surface area contributed by atoms with Crippen molar-refractivity contribution in [2.45, 2.75) is 6.54 Å². The third-order valence-corrected chi connectivity index (χ3v) is 2.81. The summed E-state index contributed by atoms with van der Waals surface area (Å²) in [6, 6.07) is 9.76. The molecule has 0 bridgehead atoms. The third-order valence-electron chi connectivity index (χ3n) is 2.81. The average Bonchev–Trinajstić information content (AvgIpc) is 2.99. The lowest BCUT2D eigenvalue weighted by Gasteiger charge is -2.16. The Morgan fingerprint density at radius 3 is 2.75 bits per heavy atom. The van der Waals surface area contributed by atoms with Crippen molar-refractivity contribution in [2.75, 3.05) is 11.9 Å². The molecule has 0 amide bonds. The highest BCUT2D eigenvalue weighted by atomic mass is 15.6. The number of benzene rings is 1. The Hall–Kier alpha value is -2.83. The fourth-order valence-electron chi connectivity index (χ4n) is 1.88. The Balaban J connectivity index is 1.86. The first kappa shape index (κ1) is 12.2. The summed E-state index contributed by atoms with van der Waals surface area (Å²) in [6.45, 7) is 0.584. The van der Waals surface area contributed by atoms with Gasteiger partial charge in [0.15, 0.2) is 0 Å². The lowest BCUT2D eigenvalue weighted by Crippen LogP contribution is -2.21. The Labute approximate surface area is 115 Å². The molecule has 0 aliphatic rings. The quantitative estimate of drug-likeness (QED) is 0.704. The Bertz CT molecular complexity index is 665. The van der Waals surface area contributed by atoms with Crippen LogP contribution in [-0.2, 0) is 6.54 Å². The molecule has 0 aliphatic carbocycles. The molecule has 100 valence electrons. The number of anilines is 1. The minimum atomic E-state index is 0.584. The highest BCUT2D eigenvalue weighted by molar-refractivity contribution is 5.40. The summed E-state index contributed by atoms with van der Waals surface area (Å²) < 4.78 is 1.69. The molecule has 20 heavy (non-hydrogen) atoms. The van der Waals surface area contributed by atoms with E-state index in [0.29, 0.717) is 12.5 Å². The number of hydrogen-bond donors (Lipinski definition) is 0. The third kappa shape index (κ3) is 2.46. The molecule has 0 fully saturated rings. The van der Waals surface area contributed by atoms with Crippen LogP contribution in [0, 0.1) is 0 Å². The maximum atomic E-state index is 4.25. The van der Waals surface area contributed by atoms with Crippen LogP contribution in [0.3, 0.4) is 0 Å². The smallest absolute Gasteiger partial charge is 0.250 e. The lowest BCUT2D eigenvalue weighted by atomic mass is 10.3. The van der Waals surface area contributed by atoms with Gasteiger partial charge in [0.25, 0.3) is 0 Å². The topological polar surface area (TPSA) is 72.6 Å². The second kappa shape index (κ2) is 5.43. The standard InChI is InChI=1S/C13H13N7/c1-19(10-11-9-14-7-8-15-11)13-16-17-18-20(13)12-5-3-2-4-6-12/h2-9H,10H2,1H3. The Morgan fingerprint density at radius 2 is 2.00 bits per heavy atom. The molecular formula is C13H13N7. The second-order valence-corrected chi connectivity index (χ2v) is 4.28. The van der Waals surface area contributed by atoms with Crippen LogP contribution in [0.15, 0.2) is 48.9 Å². The zero-order valence-electron chi connectivity index (χ0n) is 11.0. The van der Waals surface area contributed by atoms with E-state index in [9.17, 15) is 0 Å². The van der Waals surface area contributed by atoms with Crippen LogP contribution in [0.2, 0.25) is 0 Å². The van der Waals surface area contributed by atoms with Gasteiger partial charge >= 0.3 is 0 Å². The number of tetrazole rings is 1. The zero-order chi connectivity index (χ0) is 13.8. The molecule has 2 heterocycles. The monoisotopic (exact) mass is 267 g/mol. The fraction of sp³-hybridized carbons (Fsp3) is 0.154. The molecule has 0 saturated carbocycles. The number of rotatable bonds is 4. The maximum absolute atomic E-state index is 4.25. The van der Waals surface area contributed by atoms with Crippen LogP contribution in [0.4, 0.5) is 5.95 Å². The molecule has 7 heteroatoms. The van der Waals surface area contributed by atoms with Gasteiger partial charge < -0.3 is 4.90 Å². The van der Waals surface area contributed by atoms with E-state index < -0.39 is 0 Å². The van der Waals surface area contributed by atoms with E-state index in [1.165, 1.54) is 0 Å². The van der Waals surface area contributed by atoms with Crippen molar-refractivity contribution in [1.29, 1.82) is 0 Å². The summed E-state index contributed by atoms with van der Waals surface area (Å²) in [7, 11) is 1.92. The summed E-state index contributed by atoms with van der Waals surface area (Å²) in [4.78, 5) is 10.2. The first-order valence-electron chi connectivity index (χ1n) is 6.14. The SMILES string of the molecule is CN(Cc1cnccn1)c1nnnn1-c1ccccc1. The van der Waals surface area contributed by atoms with Gasteiger partial charge in [-0.25, -0.2) is 0 Å². The van der Waals surface area contributed by atoms with Gasteiger partial charge in [-0.15, -0.1) is 0 Å². The molecule has 7 nitrogen and oxygen atoms in total. The van der Waals surface area contributed by atoms with Crippen LogP contribution >= 0.6 is 0 Å². The number of para-hydroxylation sites is 1. The molecular weight excluding hydrogens is 254 g/mol. The molecule has 0 aliphatic heterocycles. The Morgan fingerprint density at radius 1 is 1.15 bits per heavy atom. The van der Waals surface area contributed by atoms with Crippen molar-refractivity contribution in [2.24, 2.45) is 0 Å². The number of aromatic nitrogens is 6. The molecule has 0 N–H and O–H groups in total. The second-order valence-electron chi connectivity index (χ2n) is 4.28. The van der Waals surface area contributed by atoms with E-state index in [1.54, 1.807) is 23.3 Å². The molecule has 0 saturated heterocycles. The summed E-state index contributed by atoms with van der Waals surface area (Å²) in [5.74, 6) is 0.654. The molecule has 3 rings (SSSR count). The van der Waals surface area contributed by atoms with Crippen molar-refractivity contribution >= 4 is 5.95 Å². The van der Waals surface area contributed by atoms with E-state index in [-0.39, 0.29) is 0 Å².